The van der Waals surface area contributed by atoms with Gasteiger partial charge in [-0.15, -0.1) is 0 Å². The molecule has 11 heteroatoms. The van der Waals surface area contributed by atoms with E-state index >= 15 is 0 Å². The van der Waals surface area contributed by atoms with Gasteiger partial charge < -0.3 is 15.6 Å². The molecule has 3 N–H and O–H groups in total. The second-order valence-corrected chi connectivity index (χ2v) is 6.21. The molecule has 0 atom stereocenters. The lowest BCUT2D eigenvalue weighted by molar-refractivity contribution is -0.159. The van der Waals surface area contributed by atoms with E-state index in [1.807, 2.05) is 6.07 Å². The molecule has 0 aliphatic heterocycles. The summed E-state index contributed by atoms with van der Waals surface area (Å²) in [5, 5.41) is 6.51. The molecule has 0 aliphatic rings. The van der Waals surface area contributed by atoms with Crippen molar-refractivity contribution in [3.8, 4) is 22.6 Å². The average molecular weight is 413 g/mol. The molecular formula is C19H14F3N7O. The van der Waals surface area contributed by atoms with Crippen molar-refractivity contribution in [1.82, 2.24) is 25.1 Å². The van der Waals surface area contributed by atoms with E-state index in [-0.39, 0.29) is 11.8 Å². The van der Waals surface area contributed by atoms with Crippen molar-refractivity contribution in [2.45, 2.75) is 12.7 Å². The first-order chi connectivity index (χ1) is 14.4. The van der Waals surface area contributed by atoms with E-state index in [0.29, 0.717) is 23.6 Å². The molecule has 0 fully saturated rings. The number of hydrogen-bond acceptors (Lipinski definition) is 8. The molecule has 0 bridgehead atoms. The summed E-state index contributed by atoms with van der Waals surface area (Å²) in [7, 11) is 0. The van der Waals surface area contributed by atoms with Gasteiger partial charge in [0.15, 0.2) is 0 Å². The van der Waals surface area contributed by atoms with Crippen molar-refractivity contribution >= 4 is 11.8 Å². The van der Waals surface area contributed by atoms with Crippen molar-refractivity contribution < 1.29 is 17.7 Å². The van der Waals surface area contributed by atoms with Crippen LogP contribution >= 0.6 is 0 Å². The van der Waals surface area contributed by atoms with E-state index in [0.717, 1.165) is 11.1 Å². The van der Waals surface area contributed by atoms with Crippen LogP contribution in [0.15, 0.2) is 59.4 Å². The van der Waals surface area contributed by atoms with E-state index in [9.17, 15) is 13.2 Å². The van der Waals surface area contributed by atoms with Crippen LogP contribution in [0.2, 0.25) is 0 Å². The molecule has 0 radical (unpaired) electrons. The van der Waals surface area contributed by atoms with Gasteiger partial charge in [0.25, 0.3) is 0 Å². The molecule has 0 spiro atoms. The molecule has 152 valence electrons. The van der Waals surface area contributed by atoms with Gasteiger partial charge in [-0.3, -0.25) is 4.98 Å². The minimum absolute atomic E-state index is 0.117. The fraction of sp³-hybridized carbons (Fsp3) is 0.105. The van der Waals surface area contributed by atoms with Gasteiger partial charge in [-0.2, -0.15) is 23.1 Å². The number of alkyl halides is 3. The summed E-state index contributed by atoms with van der Waals surface area (Å²) in [4.78, 5) is 15.8. The van der Waals surface area contributed by atoms with Crippen molar-refractivity contribution in [2.75, 3.05) is 11.1 Å². The number of aromatic nitrogens is 5. The highest BCUT2D eigenvalue weighted by atomic mass is 19.4. The van der Waals surface area contributed by atoms with Crippen molar-refractivity contribution in [3.05, 3.63) is 66.3 Å². The third-order valence-electron chi connectivity index (χ3n) is 4.06. The lowest BCUT2D eigenvalue weighted by Crippen LogP contribution is -2.05. The van der Waals surface area contributed by atoms with Gasteiger partial charge in [0, 0.05) is 36.1 Å². The molecule has 3 heterocycles. The van der Waals surface area contributed by atoms with Crippen LogP contribution < -0.4 is 11.1 Å². The first-order valence-corrected chi connectivity index (χ1v) is 8.67. The van der Waals surface area contributed by atoms with Gasteiger partial charge in [-0.05, 0) is 17.7 Å². The Balaban J connectivity index is 1.46. The van der Waals surface area contributed by atoms with Crippen LogP contribution in [-0.4, -0.2) is 25.1 Å². The predicted octanol–water partition coefficient (Wildman–Crippen LogP) is 3.80. The van der Waals surface area contributed by atoms with Gasteiger partial charge in [0.2, 0.25) is 11.8 Å². The first-order valence-electron chi connectivity index (χ1n) is 8.67. The summed E-state index contributed by atoms with van der Waals surface area (Å²) in [5.41, 5.74) is 8.50. The Morgan fingerprint density at radius 2 is 1.80 bits per heavy atom. The van der Waals surface area contributed by atoms with Crippen LogP contribution in [0.1, 0.15) is 11.5 Å². The van der Waals surface area contributed by atoms with Crippen LogP contribution in [0.4, 0.5) is 24.9 Å². The molecule has 0 amide bonds. The van der Waals surface area contributed by atoms with Crippen LogP contribution in [-0.2, 0) is 12.7 Å². The van der Waals surface area contributed by atoms with E-state index in [1.165, 1.54) is 0 Å². The second-order valence-electron chi connectivity index (χ2n) is 6.21. The molecule has 1 aromatic carbocycles. The maximum absolute atomic E-state index is 12.6. The number of pyridine rings is 1. The summed E-state index contributed by atoms with van der Waals surface area (Å²) >= 11 is 0. The molecule has 0 unspecified atom stereocenters. The molecular weight excluding hydrogens is 399 g/mol. The minimum atomic E-state index is -4.68. The largest absolute Gasteiger partial charge is 0.471 e. The Hall–Kier alpha value is -4.02. The molecule has 3 aromatic heterocycles. The fourth-order valence-corrected chi connectivity index (χ4v) is 2.64. The molecule has 0 saturated heterocycles. The minimum Gasteiger partial charge on any atom is -0.368 e. The third kappa shape index (κ3) is 4.35. The van der Waals surface area contributed by atoms with Gasteiger partial charge in [0.1, 0.15) is 5.82 Å². The van der Waals surface area contributed by atoms with Gasteiger partial charge in [0.05, 0.1) is 5.69 Å². The number of hydrogen-bond donors (Lipinski definition) is 2. The normalized spacial score (nSPS) is 11.4. The van der Waals surface area contributed by atoms with E-state index in [2.05, 4.69) is 34.9 Å². The zero-order chi connectivity index (χ0) is 21.1. The summed E-state index contributed by atoms with van der Waals surface area (Å²) in [6, 6.07) is 12.1. The van der Waals surface area contributed by atoms with Crippen molar-refractivity contribution in [1.29, 1.82) is 0 Å². The van der Waals surface area contributed by atoms with Crippen LogP contribution in [0.25, 0.3) is 22.6 Å². The molecule has 4 aromatic rings. The average Bonchev–Trinajstić information content (AvgIpc) is 3.24. The van der Waals surface area contributed by atoms with Gasteiger partial charge in [-0.1, -0.05) is 29.4 Å². The maximum atomic E-state index is 12.6. The topological polar surface area (TPSA) is 116 Å². The van der Waals surface area contributed by atoms with Gasteiger partial charge in [-0.25, -0.2) is 4.98 Å². The van der Waals surface area contributed by atoms with E-state index in [4.69, 9.17) is 5.73 Å². The Morgan fingerprint density at radius 3 is 2.47 bits per heavy atom. The quantitative estimate of drug-likeness (QED) is 0.508. The number of anilines is 2. The number of nitrogens with two attached hydrogens (primary N) is 1. The summed E-state index contributed by atoms with van der Waals surface area (Å²) in [6.45, 7) is 0.406. The Morgan fingerprint density at radius 1 is 1.00 bits per heavy atom. The van der Waals surface area contributed by atoms with Crippen LogP contribution in [0, 0.1) is 0 Å². The highest BCUT2D eigenvalue weighted by Crippen LogP contribution is 2.29. The lowest BCUT2D eigenvalue weighted by atomic mass is 10.1. The monoisotopic (exact) mass is 413 g/mol. The Labute approximate surface area is 168 Å². The zero-order valence-electron chi connectivity index (χ0n) is 15.3. The molecule has 0 saturated carbocycles. The smallest absolute Gasteiger partial charge is 0.368 e. The fourth-order valence-electron chi connectivity index (χ4n) is 2.64. The van der Waals surface area contributed by atoms with Crippen LogP contribution in [0.3, 0.4) is 0 Å². The number of benzene rings is 1. The SMILES string of the molecule is Nc1nc(NCc2ccc(-c3noc(C(F)(F)F)n3)cc2)cc(-c2cccnc2)n1. The zero-order valence-corrected chi connectivity index (χ0v) is 15.3. The number of rotatable bonds is 5. The number of nitrogens with one attached hydrogen (secondary N) is 1. The number of nitrogens with zero attached hydrogens (tertiary/aromatic N) is 5. The second kappa shape index (κ2) is 7.78. The third-order valence-corrected chi connectivity index (χ3v) is 4.06. The standard InChI is InChI=1S/C19H14F3N7O/c20-19(21,22)17-28-16(29-30-17)12-5-3-11(4-6-12)9-25-15-8-14(26-18(23)27-15)13-2-1-7-24-10-13/h1-8,10H,9H2,(H3,23,25,26,27). The Bertz CT molecular complexity index is 1150. The molecule has 0 aliphatic carbocycles. The Kier molecular flexibility index (Phi) is 5.00. The van der Waals surface area contributed by atoms with Gasteiger partial charge >= 0.3 is 12.1 Å². The molecule has 4 rings (SSSR count). The summed E-state index contributed by atoms with van der Waals surface area (Å²) in [6.07, 6.45) is -1.34. The number of halogens is 3. The summed E-state index contributed by atoms with van der Waals surface area (Å²) in [5.74, 6) is -0.870. The van der Waals surface area contributed by atoms with E-state index < -0.39 is 12.1 Å². The molecule has 30 heavy (non-hydrogen) atoms. The van der Waals surface area contributed by atoms with Crippen LogP contribution in [0.5, 0.6) is 0 Å². The maximum Gasteiger partial charge on any atom is 0.471 e. The lowest BCUT2D eigenvalue weighted by Gasteiger charge is -2.09. The summed E-state index contributed by atoms with van der Waals surface area (Å²) < 4.78 is 42.0. The molecule has 8 nitrogen and oxygen atoms in total. The first kappa shape index (κ1) is 19.3. The van der Waals surface area contributed by atoms with Crippen molar-refractivity contribution in [3.63, 3.8) is 0 Å². The highest BCUT2D eigenvalue weighted by Gasteiger charge is 2.38. The highest BCUT2D eigenvalue weighted by molar-refractivity contribution is 5.63. The van der Waals surface area contributed by atoms with E-state index in [1.54, 1.807) is 48.8 Å². The number of nitrogen functional groups attached to an aromatic ring is 1. The van der Waals surface area contributed by atoms with Crippen molar-refractivity contribution in [2.24, 2.45) is 0 Å². The predicted molar refractivity (Wildman–Crippen MR) is 102 cm³/mol.